The SMILES string of the molecule is C=CCN(CCc1ccccc1)C(=O)C1CCN(S(=O)(=O)c2cccs2)CC1. The lowest BCUT2D eigenvalue weighted by Crippen LogP contribution is -2.44. The molecule has 0 spiro atoms. The minimum atomic E-state index is -3.43. The van der Waals surface area contributed by atoms with Gasteiger partial charge in [-0.25, -0.2) is 8.42 Å². The predicted molar refractivity (Wildman–Crippen MR) is 113 cm³/mol. The van der Waals surface area contributed by atoms with Crippen molar-refractivity contribution in [1.29, 1.82) is 0 Å². The molecule has 0 saturated carbocycles. The summed E-state index contributed by atoms with van der Waals surface area (Å²) in [7, 11) is -3.43. The van der Waals surface area contributed by atoms with Crippen molar-refractivity contribution in [2.75, 3.05) is 26.2 Å². The number of sulfonamides is 1. The average Bonchev–Trinajstić information content (AvgIpc) is 3.27. The van der Waals surface area contributed by atoms with Crippen LogP contribution in [0.2, 0.25) is 0 Å². The molecule has 1 saturated heterocycles. The number of thiophene rings is 1. The van der Waals surface area contributed by atoms with Gasteiger partial charge in [0.1, 0.15) is 4.21 Å². The van der Waals surface area contributed by atoms with Crippen LogP contribution in [0.25, 0.3) is 0 Å². The lowest BCUT2D eigenvalue weighted by Gasteiger charge is -2.33. The van der Waals surface area contributed by atoms with Gasteiger partial charge in [-0.2, -0.15) is 4.31 Å². The Hall–Kier alpha value is -1.96. The molecule has 1 fully saturated rings. The molecule has 2 aromatic rings. The van der Waals surface area contributed by atoms with Gasteiger partial charge in [0.15, 0.2) is 0 Å². The molecular weight excluding hydrogens is 392 g/mol. The highest BCUT2D eigenvalue weighted by Crippen LogP contribution is 2.27. The van der Waals surface area contributed by atoms with Crippen LogP contribution in [-0.4, -0.2) is 49.7 Å². The summed E-state index contributed by atoms with van der Waals surface area (Å²) in [6.45, 7) is 5.70. The van der Waals surface area contributed by atoms with Crippen LogP contribution in [0.5, 0.6) is 0 Å². The third-order valence-electron chi connectivity index (χ3n) is 5.07. The van der Waals surface area contributed by atoms with Gasteiger partial charge >= 0.3 is 0 Å². The first-order valence-electron chi connectivity index (χ1n) is 9.49. The van der Waals surface area contributed by atoms with Gasteiger partial charge < -0.3 is 4.90 Å². The largest absolute Gasteiger partial charge is 0.338 e. The van der Waals surface area contributed by atoms with Crippen molar-refractivity contribution in [2.24, 2.45) is 5.92 Å². The van der Waals surface area contributed by atoms with Crippen molar-refractivity contribution in [2.45, 2.75) is 23.5 Å². The maximum Gasteiger partial charge on any atom is 0.252 e. The number of amides is 1. The quantitative estimate of drug-likeness (QED) is 0.618. The molecule has 1 aromatic heterocycles. The molecule has 3 rings (SSSR count). The summed E-state index contributed by atoms with van der Waals surface area (Å²) in [4.78, 5) is 14.8. The maximum absolute atomic E-state index is 13.0. The van der Waals surface area contributed by atoms with Crippen LogP contribution in [0.1, 0.15) is 18.4 Å². The Morgan fingerprint density at radius 2 is 1.89 bits per heavy atom. The van der Waals surface area contributed by atoms with Gasteiger partial charge in [0.2, 0.25) is 5.91 Å². The van der Waals surface area contributed by atoms with E-state index in [2.05, 4.69) is 18.7 Å². The Morgan fingerprint density at radius 1 is 1.18 bits per heavy atom. The van der Waals surface area contributed by atoms with Crippen LogP contribution in [-0.2, 0) is 21.2 Å². The van der Waals surface area contributed by atoms with Crippen LogP contribution >= 0.6 is 11.3 Å². The Bertz CT molecular complexity index is 872. The van der Waals surface area contributed by atoms with Gasteiger partial charge in [0.25, 0.3) is 10.0 Å². The topological polar surface area (TPSA) is 57.7 Å². The minimum absolute atomic E-state index is 0.101. The first-order valence-corrected chi connectivity index (χ1v) is 11.8. The number of carbonyl (C=O) groups excluding carboxylic acids is 1. The number of carbonyl (C=O) groups is 1. The highest BCUT2D eigenvalue weighted by Gasteiger charge is 2.33. The molecule has 1 aliphatic rings. The molecule has 28 heavy (non-hydrogen) atoms. The summed E-state index contributed by atoms with van der Waals surface area (Å²) in [5.74, 6) is -0.0329. The molecule has 1 aliphatic heterocycles. The lowest BCUT2D eigenvalue weighted by molar-refractivity contribution is -0.136. The zero-order valence-corrected chi connectivity index (χ0v) is 17.5. The normalized spacial score (nSPS) is 16.0. The Morgan fingerprint density at radius 3 is 2.50 bits per heavy atom. The van der Waals surface area contributed by atoms with Crippen molar-refractivity contribution in [1.82, 2.24) is 9.21 Å². The fourth-order valence-corrected chi connectivity index (χ4v) is 6.11. The highest BCUT2D eigenvalue weighted by atomic mass is 32.2. The van der Waals surface area contributed by atoms with Crippen LogP contribution in [0, 0.1) is 5.92 Å². The van der Waals surface area contributed by atoms with Crippen LogP contribution in [0.3, 0.4) is 0 Å². The molecule has 0 N–H and O–H groups in total. The fourth-order valence-electron chi connectivity index (χ4n) is 3.49. The monoisotopic (exact) mass is 418 g/mol. The molecule has 0 unspecified atom stereocenters. The summed E-state index contributed by atoms with van der Waals surface area (Å²) < 4.78 is 27.2. The molecule has 0 radical (unpaired) electrons. The standard InChI is InChI=1S/C21H26N2O3S2/c1-2-13-22(14-10-18-7-4-3-5-8-18)21(24)19-11-15-23(16-12-19)28(25,26)20-9-6-17-27-20/h2-9,17,19H,1,10-16H2. The summed E-state index contributed by atoms with van der Waals surface area (Å²) in [6.07, 6.45) is 3.66. The number of hydrogen-bond donors (Lipinski definition) is 0. The van der Waals surface area contributed by atoms with E-state index < -0.39 is 10.0 Å². The van der Waals surface area contributed by atoms with Crippen LogP contribution in [0.4, 0.5) is 0 Å². The van der Waals surface area contributed by atoms with Gasteiger partial charge in [0.05, 0.1) is 0 Å². The van der Waals surface area contributed by atoms with E-state index in [9.17, 15) is 13.2 Å². The maximum atomic E-state index is 13.0. The Balaban J connectivity index is 1.58. The number of rotatable bonds is 8. The number of hydrogen-bond acceptors (Lipinski definition) is 4. The van der Waals surface area contributed by atoms with Gasteiger partial charge in [0, 0.05) is 32.1 Å². The van der Waals surface area contributed by atoms with E-state index in [0.717, 1.165) is 6.42 Å². The van der Waals surface area contributed by atoms with Crippen LogP contribution in [0.15, 0.2) is 64.7 Å². The van der Waals surface area contributed by atoms with E-state index in [-0.39, 0.29) is 11.8 Å². The van der Waals surface area contributed by atoms with E-state index in [4.69, 9.17) is 0 Å². The van der Waals surface area contributed by atoms with Crippen molar-refractivity contribution >= 4 is 27.3 Å². The van der Waals surface area contributed by atoms with E-state index in [1.807, 2.05) is 23.1 Å². The molecule has 7 heteroatoms. The predicted octanol–water partition coefficient (Wildman–Crippen LogP) is 3.41. The van der Waals surface area contributed by atoms with E-state index in [1.54, 1.807) is 23.6 Å². The number of nitrogens with zero attached hydrogens (tertiary/aromatic N) is 2. The van der Waals surface area contributed by atoms with Crippen molar-refractivity contribution in [3.8, 4) is 0 Å². The number of piperidine rings is 1. The third kappa shape index (κ3) is 4.90. The third-order valence-corrected chi connectivity index (χ3v) is 8.34. The van der Waals surface area contributed by atoms with E-state index >= 15 is 0 Å². The van der Waals surface area contributed by atoms with E-state index in [1.165, 1.54) is 21.2 Å². The Kier molecular flexibility index (Phi) is 7.04. The zero-order chi connectivity index (χ0) is 20.0. The molecule has 150 valence electrons. The summed E-state index contributed by atoms with van der Waals surface area (Å²) in [5, 5.41) is 1.77. The molecule has 0 bridgehead atoms. The second kappa shape index (κ2) is 9.49. The highest BCUT2D eigenvalue weighted by molar-refractivity contribution is 7.91. The first-order chi connectivity index (χ1) is 13.5. The van der Waals surface area contributed by atoms with Crippen LogP contribution < -0.4 is 0 Å². The zero-order valence-electron chi connectivity index (χ0n) is 15.9. The first kappa shape index (κ1) is 20.8. The van der Waals surface area contributed by atoms with Gasteiger partial charge in [-0.05, 0) is 36.3 Å². The Labute approximate surface area is 171 Å². The van der Waals surface area contributed by atoms with Crippen molar-refractivity contribution in [3.05, 3.63) is 66.1 Å². The van der Waals surface area contributed by atoms with Gasteiger partial charge in [-0.15, -0.1) is 17.9 Å². The summed E-state index contributed by atoms with van der Waals surface area (Å²) in [5.41, 5.74) is 1.20. The van der Waals surface area contributed by atoms with E-state index in [0.29, 0.717) is 43.2 Å². The van der Waals surface area contributed by atoms with Crippen molar-refractivity contribution in [3.63, 3.8) is 0 Å². The second-order valence-electron chi connectivity index (χ2n) is 6.92. The summed E-state index contributed by atoms with van der Waals surface area (Å²) >= 11 is 1.23. The molecule has 1 aromatic carbocycles. The summed E-state index contributed by atoms with van der Waals surface area (Å²) in [6, 6.07) is 13.5. The molecular formula is C21H26N2O3S2. The van der Waals surface area contributed by atoms with Gasteiger partial charge in [-0.1, -0.05) is 42.5 Å². The molecule has 5 nitrogen and oxygen atoms in total. The lowest BCUT2D eigenvalue weighted by atomic mass is 9.96. The molecule has 0 aliphatic carbocycles. The fraction of sp³-hybridized carbons (Fsp3) is 0.381. The van der Waals surface area contributed by atoms with Crippen molar-refractivity contribution < 1.29 is 13.2 Å². The molecule has 1 amide bonds. The number of benzene rings is 1. The van der Waals surface area contributed by atoms with Gasteiger partial charge in [-0.3, -0.25) is 4.79 Å². The second-order valence-corrected chi connectivity index (χ2v) is 10.0. The minimum Gasteiger partial charge on any atom is -0.338 e. The average molecular weight is 419 g/mol. The molecule has 0 atom stereocenters. The molecule has 2 heterocycles. The smallest absolute Gasteiger partial charge is 0.252 e.